The Kier molecular flexibility index (Phi) is 4.24. The van der Waals surface area contributed by atoms with E-state index in [1.54, 1.807) is 0 Å². The van der Waals surface area contributed by atoms with Gasteiger partial charge in [-0.3, -0.25) is 9.69 Å². The van der Waals surface area contributed by atoms with E-state index < -0.39 is 0 Å². The van der Waals surface area contributed by atoms with Crippen LogP contribution < -0.4 is 0 Å². The van der Waals surface area contributed by atoms with Gasteiger partial charge in [0.1, 0.15) is 5.82 Å². The van der Waals surface area contributed by atoms with Crippen molar-refractivity contribution in [3.8, 4) is 0 Å². The summed E-state index contributed by atoms with van der Waals surface area (Å²) in [5.74, 6) is 1.19. The normalized spacial score (nSPS) is 16.1. The summed E-state index contributed by atoms with van der Waals surface area (Å²) in [6, 6.07) is 10.2. The molecule has 0 spiro atoms. The van der Waals surface area contributed by atoms with Gasteiger partial charge in [-0.25, -0.2) is 4.98 Å². The first-order valence-electron chi connectivity index (χ1n) is 7.68. The van der Waals surface area contributed by atoms with Crippen LogP contribution >= 0.6 is 0 Å². The number of fused-ring (bicyclic) bond motifs is 1. The fourth-order valence-corrected chi connectivity index (χ4v) is 2.83. The molecule has 2 aromatic rings. The van der Waals surface area contributed by atoms with Crippen molar-refractivity contribution in [1.29, 1.82) is 0 Å². The number of imidazole rings is 1. The van der Waals surface area contributed by atoms with Gasteiger partial charge in [0.25, 0.3) is 0 Å². The van der Waals surface area contributed by atoms with Crippen LogP contribution in [-0.4, -0.2) is 45.4 Å². The van der Waals surface area contributed by atoms with Crippen molar-refractivity contribution in [2.24, 2.45) is 0 Å². The maximum atomic E-state index is 12.5. The molecule has 2 heterocycles. The first-order valence-corrected chi connectivity index (χ1v) is 7.68. The number of carbonyl (C=O) groups excluding carboxylic acids is 1. The Balaban J connectivity index is 1.60. The van der Waals surface area contributed by atoms with E-state index >= 15 is 0 Å². The van der Waals surface area contributed by atoms with Crippen LogP contribution in [0.2, 0.25) is 0 Å². The Morgan fingerprint density at radius 2 is 2.09 bits per heavy atom. The highest BCUT2D eigenvalue weighted by Crippen LogP contribution is 2.19. The Bertz CT molecular complexity index is 637. The molecule has 5 nitrogen and oxygen atoms in total. The van der Waals surface area contributed by atoms with Crippen LogP contribution in [0.1, 0.15) is 24.4 Å². The molecule has 0 N–H and O–H groups in total. The van der Waals surface area contributed by atoms with Gasteiger partial charge < -0.3 is 9.47 Å². The highest BCUT2D eigenvalue weighted by Gasteiger charge is 2.23. The molecule has 5 heteroatoms. The van der Waals surface area contributed by atoms with E-state index in [9.17, 15) is 4.79 Å². The van der Waals surface area contributed by atoms with Crippen LogP contribution in [0.25, 0.3) is 0 Å². The summed E-state index contributed by atoms with van der Waals surface area (Å²) in [5, 5.41) is 0. The molecule has 3 rings (SSSR count). The van der Waals surface area contributed by atoms with E-state index in [0.29, 0.717) is 6.54 Å². The van der Waals surface area contributed by atoms with Crippen molar-refractivity contribution in [2.45, 2.75) is 26.1 Å². The lowest BCUT2D eigenvalue weighted by molar-refractivity contribution is -0.133. The molecule has 1 aliphatic heterocycles. The average molecular weight is 298 g/mol. The zero-order valence-corrected chi connectivity index (χ0v) is 13.1. The summed E-state index contributed by atoms with van der Waals surface area (Å²) >= 11 is 0. The van der Waals surface area contributed by atoms with E-state index in [0.717, 1.165) is 31.0 Å². The number of likely N-dealkylation sites (N-methyl/N-ethyl adjacent to an activating group) is 1. The predicted octanol–water partition coefficient (Wildman–Crippen LogP) is 1.92. The second kappa shape index (κ2) is 6.32. The van der Waals surface area contributed by atoms with Gasteiger partial charge in [0.15, 0.2) is 0 Å². The van der Waals surface area contributed by atoms with Gasteiger partial charge in [-0.2, -0.15) is 0 Å². The Morgan fingerprint density at radius 3 is 2.86 bits per heavy atom. The van der Waals surface area contributed by atoms with Crippen LogP contribution in [0.5, 0.6) is 0 Å². The smallest absolute Gasteiger partial charge is 0.237 e. The van der Waals surface area contributed by atoms with Crippen LogP contribution in [-0.2, 0) is 17.9 Å². The molecule has 22 heavy (non-hydrogen) atoms. The lowest BCUT2D eigenvalue weighted by Crippen LogP contribution is -2.42. The second-order valence-electron chi connectivity index (χ2n) is 5.84. The van der Waals surface area contributed by atoms with Gasteiger partial charge in [0.2, 0.25) is 5.91 Å². The minimum atomic E-state index is 0.0838. The van der Waals surface area contributed by atoms with E-state index in [4.69, 9.17) is 0 Å². The van der Waals surface area contributed by atoms with Crippen LogP contribution in [0.3, 0.4) is 0 Å². The summed E-state index contributed by atoms with van der Waals surface area (Å²) in [5.41, 5.74) is 1.16. The molecular formula is C17H22N4O. The van der Waals surface area contributed by atoms with Gasteiger partial charge in [0.05, 0.1) is 19.1 Å². The van der Waals surface area contributed by atoms with E-state index in [2.05, 4.69) is 33.5 Å². The fraction of sp³-hybridized carbons (Fsp3) is 0.412. The summed E-state index contributed by atoms with van der Waals surface area (Å²) in [4.78, 5) is 20.9. The number of amides is 1. The first kappa shape index (κ1) is 14.8. The van der Waals surface area contributed by atoms with Crippen molar-refractivity contribution in [3.63, 3.8) is 0 Å². The standard InChI is InChI=1S/C17H22N4O/c1-14(15-6-4-3-5-7-15)19(2)17(22)13-20-10-11-21-9-8-18-16(21)12-20/h3-9,14H,10-13H2,1-2H3/t14-/m1/s1. The maximum Gasteiger partial charge on any atom is 0.237 e. The average Bonchev–Trinajstić information content (AvgIpc) is 3.02. The molecule has 0 radical (unpaired) electrons. The SMILES string of the molecule is C[C@H](c1ccccc1)N(C)C(=O)CN1CCn2ccnc2C1. The Morgan fingerprint density at radius 1 is 1.32 bits per heavy atom. The molecule has 1 aromatic carbocycles. The quantitative estimate of drug-likeness (QED) is 0.866. The number of benzene rings is 1. The van der Waals surface area contributed by atoms with Gasteiger partial charge in [0, 0.05) is 32.5 Å². The molecule has 1 amide bonds. The van der Waals surface area contributed by atoms with Gasteiger partial charge in [-0.05, 0) is 12.5 Å². The summed E-state index contributed by atoms with van der Waals surface area (Å²) in [6.07, 6.45) is 3.82. The van der Waals surface area contributed by atoms with Crippen molar-refractivity contribution in [2.75, 3.05) is 20.1 Å². The van der Waals surface area contributed by atoms with Crippen molar-refractivity contribution >= 4 is 5.91 Å². The lowest BCUT2D eigenvalue weighted by atomic mass is 10.1. The predicted molar refractivity (Wildman–Crippen MR) is 85.1 cm³/mol. The molecule has 0 saturated carbocycles. The van der Waals surface area contributed by atoms with Crippen LogP contribution in [0.4, 0.5) is 0 Å². The zero-order valence-electron chi connectivity index (χ0n) is 13.1. The maximum absolute atomic E-state index is 12.5. The molecule has 0 saturated heterocycles. The number of aromatic nitrogens is 2. The molecule has 1 aromatic heterocycles. The van der Waals surface area contributed by atoms with Crippen molar-refractivity contribution < 1.29 is 4.79 Å². The largest absolute Gasteiger partial charge is 0.338 e. The monoisotopic (exact) mass is 298 g/mol. The second-order valence-corrected chi connectivity index (χ2v) is 5.84. The number of rotatable bonds is 4. The molecule has 0 fully saturated rings. The van der Waals surface area contributed by atoms with E-state index in [1.807, 2.05) is 42.5 Å². The topological polar surface area (TPSA) is 41.4 Å². The minimum Gasteiger partial charge on any atom is -0.338 e. The highest BCUT2D eigenvalue weighted by molar-refractivity contribution is 5.78. The molecular weight excluding hydrogens is 276 g/mol. The third-order valence-corrected chi connectivity index (χ3v) is 4.44. The molecule has 0 bridgehead atoms. The van der Waals surface area contributed by atoms with Crippen LogP contribution in [0.15, 0.2) is 42.7 Å². The zero-order chi connectivity index (χ0) is 15.5. The summed E-state index contributed by atoms with van der Waals surface area (Å²) in [7, 11) is 1.88. The number of hydrogen-bond donors (Lipinski definition) is 0. The van der Waals surface area contributed by atoms with Gasteiger partial charge in [-0.15, -0.1) is 0 Å². The first-order chi connectivity index (χ1) is 10.6. The summed E-state index contributed by atoms with van der Waals surface area (Å²) < 4.78 is 2.15. The summed E-state index contributed by atoms with van der Waals surface area (Å²) in [6.45, 7) is 5.05. The third-order valence-electron chi connectivity index (χ3n) is 4.44. The van der Waals surface area contributed by atoms with E-state index in [-0.39, 0.29) is 11.9 Å². The highest BCUT2D eigenvalue weighted by atomic mass is 16.2. The molecule has 0 aliphatic carbocycles. The molecule has 116 valence electrons. The Labute approximate surface area is 131 Å². The van der Waals surface area contributed by atoms with Crippen LogP contribution in [0, 0.1) is 0 Å². The number of carbonyl (C=O) groups is 1. The lowest BCUT2D eigenvalue weighted by Gasteiger charge is -2.31. The van der Waals surface area contributed by atoms with Gasteiger partial charge in [-0.1, -0.05) is 30.3 Å². The fourth-order valence-electron chi connectivity index (χ4n) is 2.83. The van der Waals surface area contributed by atoms with Crippen molar-refractivity contribution in [3.05, 3.63) is 54.1 Å². The van der Waals surface area contributed by atoms with E-state index in [1.165, 1.54) is 0 Å². The molecule has 1 atom stereocenters. The minimum absolute atomic E-state index is 0.0838. The molecule has 1 aliphatic rings. The van der Waals surface area contributed by atoms with Gasteiger partial charge >= 0.3 is 0 Å². The third kappa shape index (κ3) is 3.04. The Hall–Kier alpha value is -2.14. The molecule has 0 unspecified atom stereocenters. The number of hydrogen-bond acceptors (Lipinski definition) is 3. The number of nitrogens with zero attached hydrogens (tertiary/aromatic N) is 4. The van der Waals surface area contributed by atoms with Crippen molar-refractivity contribution in [1.82, 2.24) is 19.4 Å².